The van der Waals surface area contributed by atoms with Gasteiger partial charge in [0.25, 0.3) is 0 Å². The highest BCUT2D eigenvalue weighted by atomic mass is 32.1. The number of hydrogen-bond donors (Lipinski definition) is 1. The first kappa shape index (κ1) is 12.2. The van der Waals surface area contributed by atoms with Crippen LogP contribution in [0.2, 0.25) is 0 Å². The molecule has 1 aliphatic rings. The molecule has 4 heteroatoms. The molecule has 0 radical (unpaired) electrons. The quantitative estimate of drug-likeness (QED) is 0.904. The highest BCUT2D eigenvalue weighted by molar-refractivity contribution is 7.15. The van der Waals surface area contributed by atoms with Gasteiger partial charge in [0, 0.05) is 29.7 Å². The van der Waals surface area contributed by atoms with E-state index in [0.29, 0.717) is 0 Å². The average Bonchev–Trinajstić information content (AvgIpc) is 2.73. The Balaban J connectivity index is 1.80. The fraction of sp³-hybridized carbons (Fsp3) is 0.643. The maximum atomic E-state index is 6.62. The molecule has 3 nitrogen and oxygen atoms in total. The van der Waals surface area contributed by atoms with E-state index in [4.69, 9.17) is 5.73 Å². The summed E-state index contributed by atoms with van der Waals surface area (Å²) in [4.78, 5) is 5.74. The molecule has 1 fully saturated rings. The smallest absolute Gasteiger partial charge is 0.193 e. The van der Waals surface area contributed by atoms with E-state index in [1.54, 1.807) is 11.3 Å². The molecular weight excluding hydrogens is 242 g/mol. The van der Waals surface area contributed by atoms with E-state index in [0.717, 1.165) is 41.8 Å². The van der Waals surface area contributed by atoms with Crippen molar-refractivity contribution in [1.29, 1.82) is 0 Å². The van der Waals surface area contributed by atoms with Crippen LogP contribution >= 0.6 is 11.3 Å². The van der Waals surface area contributed by atoms with E-state index in [1.807, 2.05) is 0 Å². The fourth-order valence-corrected chi connectivity index (χ4v) is 4.41. The van der Waals surface area contributed by atoms with E-state index in [9.17, 15) is 0 Å². The fourth-order valence-electron chi connectivity index (χ4n) is 3.69. The van der Waals surface area contributed by atoms with Gasteiger partial charge in [-0.1, -0.05) is 13.8 Å². The van der Waals surface area contributed by atoms with Crippen molar-refractivity contribution in [1.82, 2.24) is 9.38 Å². The maximum Gasteiger partial charge on any atom is 0.193 e. The second-order valence-electron chi connectivity index (χ2n) is 6.22. The van der Waals surface area contributed by atoms with E-state index >= 15 is 0 Å². The predicted octanol–water partition coefficient (Wildman–Crippen LogP) is 3.09. The number of nitrogens with two attached hydrogens (primary N) is 1. The summed E-state index contributed by atoms with van der Waals surface area (Å²) in [6.45, 7) is 4.64. The molecule has 2 aromatic heterocycles. The molecule has 1 saturated carbocycles. The number of thiazole rings is 1. The van der Waals surface area contributed by atoms with Gasteiger partial charge in [-0.3, -0.25) is 4.40 Å². The molecule has 2 atom stereocenters. The summed E-state index contributed by atoms with van der Waals surface area (Å²) in [7, 11) is 0. The molecule has 0 amide bonds. The van der Waals surface area contributed by atoms with E-state index in [-0.39, 0.29) is 5.54 Å². The van der Waals surface area contributed by atoms with Crippen LogP contribution < -0.4 is 5.73 Å². The van der Waals surface area contributed by atoms with Crippen LogP contribution in [0.1, 0.15) is 38.8 Å². The van der Waals surface area contributed by atoms with Crippen LogP contribution in [0.25, 0.3) is 4.96 Å². The van der Waals surface area contributed by atoms with Crippen LogP contribution in [0.3, 0.4) is 0 Å². The number of imidazole rings is 1. The normalized spacial score (nSPS) is 33.1. The van der Waals surface area contributed by atoms with Gasteiger partial charge in [0.15, 0.2) is 4.96 Å². The number of nitrogens with zero attached hydrogens (tertiary/aromatic N) is 2. The largest absolute Gasteiger partial charge is 0.325 e. The topological polar surface area (TPSA) is 43.3 Å². The number of aromatic nitrogens is 2. The molecule has 0 aromatic carbocycles. The highest BCUT2D eigenvalue weighted by Gasteiger charge is 2.35. The van der Waals surface area contributed by atoms with Crippen molar-refractivity contribution in [3.63, 3.8) is 0 Å². The molecule has 0 saturated heterocycles. The molecule has 0 aliphatic heterocycles. The third-order valence-electron chi connectivity index (χ3n) is 3.99. The van der Waals surface area contributed by atoms with Gasteiger partial charge in [-0.05, 0) is 31.1 Å². The van der Waals surface area contributed by atoms with Gasteiger partial charge in [0.1, 0.15) is 0 Å². The Hall–Kier alpha value is -0.870. The van der Waals surface area contributed by atoms with Gasteiger partial charge < -0.3 is 5.73 Å². The summed E-state index contributed by atoms with van der Waals surface area (Å²) in [6.07, 6.45) is 8.68. The van der Waals surface area contributed by atoms with Crippen molar-refractivity contribution in [2.24, 2.45) is 17.6 Å². The van der Waals surface area contributed by atoms with Crippen LogP contribution in [0.4, 0.5) is 0 Å². The molecule has 2 heterocycles. The first-order valence-corrected chi connectivity index (χ1v) is 7.62. The monoisotopic (exact) mass is 263 g/mol. The lowest BCUT2D eigenvalue weighted by Gasteiger charge is -2.39. The van der Waals surface area contributed by atoms with Crippen molar-refractivity contribution in [3.05, 3.63) is 23.5 Å². The molecule has 2 aromatic rings. The Bertz CT molecular complexity index is 503. The van der Waals surface area contributed by atoms with Crippen LogP contribution in [0.5, 0.6) is 0 Å². The molecule has 0 bridgehead atoms. The van der Waals surface area contributed by atoms with E-state index in [1.165, 1.54) is 6.42 Å². The van der Waals surface area contributed by atoms with Crippen molar-refractivity contribution in [2.75, 3.05) is 0 Å². The molecule has 0 spiro atoms. The third-order valence-corrected chi connectivity index (χ3v) is 4.76. The van der Waals surface area contributed by atoms with Crippen LogP contribution in [0, 0.1) is 11.8 Å². The Morgan fingerprint density at radius 2 is 2.17 bits per heavy atom. The molecule has 18 heavy (non-hydrogen) atoms. The van der Waals surface area contributed by atoms with Gasteiger partial charge in [-0.15, -0.1) is 11.3 Å². The molecule has 1 aliphatic carbocycles. The Morgan fingerprint density at radius 3 is 2.83 bits per heavy atom. The number of fused-ring (bicyclic) bond motifs is 1. The first-order chi connectivity index (χ1) is 8.54. The van der Waals surface area contributed by atoms with Gasteiger partial charge in [0.05, 0.1) is 5.69 Å². The Kier molecular flexibility index (Phi) is 2.94. The van der Waals surface area contributed by atoms with Crippen molar-refractivity contribution >= 4 is 16.3 Å². The minimum absolute atomic E-state index is 0.0544. The van der Waals surface area contributed by atoms with Gasteiger partial charge >= 0.3 is 0 Å². The van der Waals surface area contributed by atoms with Gasteiger partial charge in [-0.25, -0.2) is 4.98 Å². The summed E-state index contributed by atoms with van der Waals surface area (Å²) >= 11 is 1.68. The highest BCUT2D eigenvalue weighted by Crippen LogP contribution is 2.36. The van der Waals surface area contributed by atoms with Crippen LogP contribution in [0.15, 0.2) is 17.8 Å². The zero-order valence-electron chi connectivity index (χ0n) is 11.1. The number of hydrogen-bond acceptors (Lipinski definition) is 3. The summed E-state index contributed by atoms with van der Waals surface area (Å²) in [6, 6.07) is 0. The second kappa shape index (κ2) is 4.35. The minimum Gasteiger partial charge on any atom is -0.325 e. The zero-order valence-corrected chi connectivity index (χ0v) is 11.9. The third kappa shape index (κ3) is 2.31. The first-order valence-electron chi connectivity index (χ1n) is 6.74. The summed E-state index contributed by atoms with van der Waals surface area (Å²) < 4.78 is 2.10. The minimum atomic E-state index is -0.0544. The Morgan fingerprint density at radius 1 is 1.44 bits per heavy atom. The summed E-state index contributed by atoms with van der Waals surface area (Å²) in [5.74, 6) is 1.48. The molecular formula is C14H21N3S. The maximum absolute atomic E-state index is 6.62. The molecule has 2 N–H and O–H groups in total. The van der Waals surface area contributed by atoms with Crippen molar-refractivity contribution < 1.29 is 0 Å². The van der Waals surface area contributed by atoms with Crippen molar-refractivity contribution in [2.45, 2.75) is 45.1 Å². The SMILES string of the molecule is CC1CC(C)CC(N)(Cc2cn3ccsc3n2)C1. The lowest BCUT2D eigenvalue weighted by Crippen LogP contribution is -2.48. The number of rotatable bonds is 2. The molecule has 3 rings (SSSR count). The van der Waals surface area contributed by atoms with E-state index < -0.39 is 0 Å². The molecule has 2 unspecified atom stereocenters. The zero-order chi connectivity index (χ0) is 12.8. The predicted molar refractivity (Wildman–Crippen MR) is 75.9 cm³/mol. The van der Waals surface area contributed by atoms with E-state index in [2.05, 4.69) is 41.0 Å². The van der Waals surface area contributed by atoms with Gasteiger partial charge in [-0.2, -0.15) is 0 Å². The molecule has 98 valence electrons. The lowest BCUT2D eigenvalue weighted by atomic mass is 9.70. The Labute approximate surface area is 112 Å². The lowest BCUT2D eigenvalue weighted by molar-refractivity contribution is 0.181. The summed E-state index contributed by atoms with van der Waals surface area (Å²) in [5, 5.41) is 2.06. The van der Waals surface area contributed by atoms with Crippen LogP contribution in [-0.4, -0.2) is 14.9 Å². The second-order valence-corrected chi connectivity index (χ2v) is 7.09. The van der Waals surface area contributed by atoms with Crippen molar-refractivity contribution in [3.8, 4) is 0 Å². The van der Waals surface area contributed by atoms with Gasteiger partial charge in [0.2, 0.25) is 0 Å². The van der Waals surface area contributed by atoms with Crippen LogP contribution in [-0.2, 0) is 6.42 Å². The average molecular weight is 263 g/mol. The standard InChI is InChI=1S/C14H21N3S/c1-10-5-11(2)7-14(15,6-10)8-12-9-17-3-4-18-13(17)16-12/h3-4,9-11H,5-8,15H2,1-2H3. The summed E-state index contributed by atoms with van der Waals surface area (Å²) in [5.41, 5.74) is 7.71.